The van der Waals surface area contributed by atoms with Crippen molar-refractivity contribution in [2.75, 3.05) is 6.54 Å². The number of carboxylic acids is 1. The summed E-state index contributed by atoms with van der Waals surface area (Å²) in [6.07, 6.45) is 3.12. The first-order chi connectivity index (χ1) is 7.63. The smallest absolute Gasteiger partial charge is 0.289 e. The summed E-state index contributed by atoms with van der Waals surface area (Å²) in [7, 11) is 0. The van der Waals surface area contributed by atoms with Crippen molar-refractivity contribution in [2.24, 2.45) is 5.73 Å². The molecule has 0 saturated carbocycles. The molecule has 1 amide bonds. The summed E-state index contributed by atoms with van der Waals surface area (Å²) in [6.45, 7) is 0.165. The fourth-order valence-electron chi connectivity index (χ4n) is 1.15. The second kappa shape index (κ2) is 7.92. The molecule has 0 radical (unpaired) electrons. The first-order valence-corrected chi connectivity index (χ1v) is 4.77. The number of imidazole rings is 1. The van der Waals surface area contributed by atoms with E-state index in [0.717, 1.165) is 0 Å². The van der Waals surface area contributed by atoms with Crippen LogP contribution in [-0.2, 0) is 35.5 Å². The summed E-state index contributed by atoms with van der Waals surface area (Å²) in [4.78, 5) is 28.5. The summed E-state index contributed by atoms with van der Waals surface area (Å²) in [6, 6.07) is -1.08. The second-order valence-corrected chi connectivity index (χ2v) is 3.20. The molecule has 1 heterocycles. The molecule has 0 aliphatic rings. The summed E-state index contributed by atoms with van der Waals surface area (Å²) < 4.78 is 0. The number of carboxylic acid groups (broad SMARTS) is 1. The fraction of sp³-hybridized carbons (Fsp3) is 0.444. The van der Waals surface area contributed by atoms with Crippen LogP contribution in [0.1, 0.15) is 12.1 Å². The average molecular weight is 291 g/mol. The number of aliphatic carboxylic acids is 1. The number of carbonyl (C=O) groups is 2. The maximum absolute atomic E-state index is 11.2. The Balaban J connectivity index is 0.00000256. The van der Waals surface area contributed by atoms with Gasteiger partial charge in [-0.15, -0.1) is 0 Å². The van der Waals surface area contributed by atoms with Crippen molar-refractivity contribution in [3.63, 3.8) is 0 Å². The molecule has 0 aliphatic carbocycles. The number of hydrogen-bond donors (Lipinski definition) is 3. The van der Waals surface area contributed by atoms with E-state index >= 15 is 0 Å². The van der Waals surface area contributed by atoms with Crippen molar-refractivity contribution in [3.8, 4) is 0 Å². The number of rotatable bonds is 6. The molecule has 1 aromatic heterocycles. The minimum Gasteiger partial charge on any atom is -0.641 e. The van der Waals surface area contributed by atoms with Crippen molar-refractivity contribution in [3.05, 3.63) is 23.5 Å². The third-order valence-corrected chi connectivity index (χ3v) is 1.91. The van der Waals surface area contributed by atoms with Gasteiger partial charge in [0.05, 0.1) is 12.2 Å². The molecule has 0 aromatic carbocycles. The van der Waals surface area contributed by atoms with E-state index in [-0.39, 0.29) is 38.9 Å². The molecule has 0 spiro atoms. The minimum atomic E-state index is -1.14. The SMILES string of the molecule is NCCC(=O)[N-]C(Cc1cnc[nH]1)C(=O)O.[Zn]. The summed E-state index contributed by atoms with van der Waals surface area (Å²) in [5.74, 6) is -1.63. The van der Waals surface area contributed by atoms with E-state index < -0.39 is 17.9 Å². The number of aromatic nitrogens is 2. The van der Waals surface area contributed by atoms with Crippen molar-refractivity contribution < 1.29 is 34.2 Å². The number of aromatic amines is 1. The van der Waals surface area contributed by atoms with Crippen LogP contribution in [0.25, 0.3) is 5.32 Å². The van der Waals surface area contributed by atoms with Crippen LogP contribution in [0.4, 0.5) is 0 Å². The van der Waals surface area contributed by atoms with Crippen molar-refractivity contribution in [1.82, 2.24) is 9.97 Å². The van der Waals surface area contributed by atoms with E-state index in [9.17, 15) is 9.59 Å². The molecule has 17 heavy (non-hydrogen) atoms. The molecule has 0 bridgehead atoms. The van der Waals surface area contributed by atoms with Gasteiger partial charge in [0.25, 0.3) is 5.97 Å². The first kappa shape index (κ1) is 15.7. The number of nitrogens with one attached hydrogen (secondary N) is 1. The van der Waals surface area contributed by atoms with Gasteiger partial charge in [-0.05, 0) is 19.0 Å². The molecule has 1 atom stereocenters. The molecule has 1 unspecified atom stereocenters. The summed E-state index contributed by atoms with van der Waals surface area (Å²) in [5.41, 5.74) is 5.79. The maximum atomic E-state index is 11.2. The Bertz CT molecular complexity index is 355. The topological polar surface area (TPSA) is 123 Å². The molecule has 0 saturated heterocycles. The second-order valence-electron chi connectivity index (χ2n) is 3.20. The van der Waals surface area contributed by atoms with Gasteiger partial charge in [-0.25, -0.2) is 4.98 Å². The van der Waals surface area contributed by atoms with Gasteiger partial charge in [0.2, 0.25) is 0 Å². The Morgan fingerprint density at radius 1 is 1.59 bits per heavy atom. The zero-order valence-corrected chi connectivity index (χ0v) is 12.3. The number of H-pyrrole nitrogens is 1. The predicted octanol–water partition coefficient (Wildman–Crippen LogP) is -0.348. The number of carbonyl (C=O) groups excluding carboxylic acids is 1. The molecule has 7 nitrogen and oxygen atoms in total. The van der Waals surface area contributed by atoms with Gasteiger partial charge < -0.3 is 25.9 Å². The Morgan fingerprint density at radius 3 is 2.76 bits per heavy atom. The molecule has 1 aromatic rings. The van der Waals surface area contributed by atoms with E-state index in [1.165, 1.54) is 12.5 Å². The van der Waals surface area contributed by atoms with Crippen LogP contribution in [0.5, 0.6) is 0 Å². The van der Waals surface area contributed by atoms with Crippen LogP contribution >= 0.6 is 0 Å². The summed E-state index contributed by atoms with van der Waals surface area (Å²) in [5, 5.41) is 12.5. The van der Waals surface area contributed by atoms with Crippen molar-refractivity contribution in [1.29, 1.82) is 0 Å². The van der Waals surface area contributed by atoms with E-state index in [1.807, 2.05) is 0 Å². The van der Waals surface area contributed by atoms with Gasteiger partial charge in [0.15, 0.2) is 0 Å². The van der Waals surface area contributed by atoms with Gasteiger partial charge in [-0.2, -0.15) is 0 Å². The van der Waals surface area contributed by atoms with Gasteiger partial charge >= 0.3 is 0 Å². The first-order valence-electron chi connectivity index (χ1n) is 4.77. The van der Waals surface area contributed by atoms with Crippen LogP contribution in [0.3, 0.4) is 0 Å². The third kappa shape index (κ3) is 5.56. The Kier molecular flexibility index (Phi) is 7.33. The Hall–Kier alpha value is -1.27. The van der Waals surface area contributed by atoms with Crippen molar-refractivity contribution >= 4 is 11.9 Å². The van der Waals surface area contributed by atoms with E-state index in [2.05, 4.69) is 15.3 Å². The largest absolute Gasteiger partial charge is 0.641 e. The quantitative estimate of drug-likeness (QED) is 0.618. The molecule has 4 N–H and O–H groups in total. The molecule has 0 fully saturated rings. The third-order valence-electron chi connectivity index (χ3n) is 1.91. The van der Waals surface area contributed by atoms with Crippen LogP contribution < -0.4 is 5.73 Å². The molecule has 90 valence electrons. The van der Waals surface area contributed by atoms with E-state index in [1.54, 1.807) is 0 Å². The molecule has 8 heteroatoms. The van der Waals surface area contributed by atoms with Gasteiger partial charge in [0.1, 0.15) is 0 Å². The molecule has 1 rings (SSSR count). The predicted molar refractivity (Wildman–Crippen MR) is 55.8 cm³/mol. The van der Waals surface area contributed by atoms with Crippen LogP contribution in [0.15, 0.2) is 12.5 Å². The zero-order chi connectivity index (χ0) is 12.0. The zero-order valence-electron chi connectivity index (χ0n) is 9.30. The van der Waals surface area contributed by atoms with Crippen LogP contribution in [0, 0.1) is 0 Å². The van der Waals surface area contributed by atoms with Gasteiger partial charge in [-0.3, -0.25) is 4.79 Å². The molecular weight excluding hydrogens is 278 g/mol. The number of nitrogens with zero attached hydrogens (tertiary/aromatic N) is 2. The Morgan fingerprint density at radius 2 is 2.29 bits per heavy atom. The fourth-order valence-corrected chi connectivity index (χ4v) is 1.15. The number of amides is 1. The number of nitrogens with two attached hydrogens (primary N) is 1. The Labute approximate surface area is 111 Å². The summed E-state index contributed by atoms with van der Waals surface area (Å²) >= 11 is 0. The molecular formula is C9H13N4O3Zn-. The van der Waals surface area contributed by atoms with Crippen LogP contribution in [-0.4, -0.2) is 39.5 Å². The van der Waals surface area contributed by atoms with E-state index in [4.69, 9.17) is 10.8 Å². The standard InChI is InChI=1S/C9H14N4O3.Zn/c10-2-1-8(14)13-7(9(15)16)3-6-4-11-5-12-6;/h4-5,7H,1-3,10H2,(H3,11,12,13,14,15,16);/p-1. The molecule has 0 aliphatic heterocycles. The average Bonchev–Trinajstić information content (AvgIpc) is 2.69. The monoisotopic (exact) mass is 289 g/mol. The van der Waals surface area contributed by atoms with Gasteiger partial charge in [-0.1, -0.05) is 0 Å². The van der Waals surface area contributed by atoms with E-state index in [0.29, 0.717) is 5.69 Å². The minimum absolute atomic E-state index is 0. The van der Waals surface area contributed by atoms with Crippen molar-refractivity contribution in [2.45, 2.75) is 18.9 Å². The number of hydrogen-bond acceptors (Lipinski definition) is 4. The normalized spacial score (nSPS) is 11.4. The van der Waals surface area contributed by atoms with Crippen LogP contribution in [0.2, 0.25) is 0 Å². The maximum Gasteiger partial charge on any atom is 0.289 e. The van der Waals surface area contributed by atoms with Gasteiger partial charge in [0, 0.05) is 37.8 Å².